The molecule has 2 aromatic rings. The molecule has 0 atom stereocenters. The number of nitrogens with one attached hydrogen (secondary N) is 1. The lowest BCUT2D eigenvalue weighted by atomic mass is 10.2. The average molecular weight is 327 g/mol. The summed E-state index contributed by atoms with van der Waals surface area (Å²) in [6, 6.07) is 3.98. The van der Waals surface area contributed by atoms with Gasteiger partial charge >= 0.3 is 0 Å². The van der Waals surface area contributed by atoms with Gasteiger partial charge in [-0.25, -0.2) is 4.39 Å². The lowest BCUT2D eigenvalue weighted by Crippen LogP contribution is -2.25. The highest BCUT2D eigenvalue weighted by atomic mass is 79.9. The van der Waals surface area contributed by atoms with Gasteiger partial charge in [-0.15, -0.1) is 5.10 Å². The van der Waals surface area contributed by atoms with Gasteiger partial charge in [0, 0.05) is 23.8 Å². The maximum atomic E-state index is 12.9. The summed E-state index contributed by atoms with van der Waals surface area (Å²) in [5.74, 6) is -0.611. The average Bonchev–Trinajstić information content (AvgIpc) is 2.87. The lowest BCUT2D eigenvalue weighted by molar-refractivity contribution is 0.0952. The first-order chi connectivity index (χ1) is 9.16. The molecule has 1 aromatic heterocycles. The third-order valence-corrected chi connectivity index (χ3v) is 3.15. The van der Waals surface area contributed by atoms with Gasteiger partial charge in [0.1, 0.15) is 5.82 Å². The fourth-order valence-corrected chi connectivity index (χ4v) is 2.09. The van der Waals surface area contributed by atoms with Gasteiger partial charge in [-0.3, -0.25) is 9.48 Å². The number of carbonyl (C=O) groups excluding carboxylic acids is 1. The van der Waals surface area contributed by atoms with Crippen LogP contribution in [0.15, 0.2) is 35.1 Å². The molecule has 0 spiro atoms. The fraction of sp³-hybridized carbons (Fsp3) is 0.250. The fourth-order valence-electron chi connectivity index (χ4n) is 1.56. The van der Waals surface area contributed by atoms with Gasteiger partial charge in [0.05, 0.1) is 11.8 Å². The molecule has 0 unspecified atom stereocenters. The minimum atomic E-state index is -0.380. The normalized spacial score (nSPS) is 10.4. The van der Waals surface area contributed by atoms with Crippen molar-refractivity contribution in [1.82, 2.24) is 20.3 Å². The van der Waals surface area contributed by atoms with Gasteiger partial charge in [0.2, 0.25) is 0 Å². The second-order valence-corrected chi connectivity index (χ2v) is 4.75. The summed E-state index contributed by atoms with van der Waals surface area (Å²) in [7, 11) is 0. The highest BCUT2D eigenvalue weighted by molar-refractivity contribution is 9.10. The predicted octanol–water partition coefficient (Wildman–Crippen LogP) is 2.00. The van der Waals surface area contributed by atoms with Gasteiger partial charge in [-0.1, -0.05) is 5.21 Å². The highest BCUT2D eigenvalue weighted by Crippen LogP contribution is 2.17. The van der Waals surface area contributed by atoms with E-state index in [1.807, 2.05) is 0 Å². The van der Waals surface area contributed by atoms with E-state index in [4.69, 9.17) is 0 Å². The molecule has 2 rings (SSSR count). The molecule has 1 heterocycles. The van der Waals surface area contributed by atoms with Crippen LogP contribution >= 0.6 is 15.9 Å². The number of aryl methyl sites for hydroxylation is 1. The Morgan fingerprint density at radius 2 is 2.32 bits per heavy atom. The van der Waals surface area contributed by atoms with Crippen molar-refractivity contribution in [3.05, 3.63) is 46.4 Å². The first-order valence-electron chi connectivity index (χ1n) is 5.74. The van der Waals surface area contributed by atoms with Crippen LogP contribution in [0.5, 0.6) is 0 Å². The molecule has 0 bridgehead atoms. The number of aromatic nitrogens is 3. The van der Waals surface area contributed by atoms with Crippen molar-refractivity contribution < 1.29 is 9.18 Å². The minimum absolute atomic E-state index is 0.231. The standard InChI is InChI=1S/C12H12BrFN4O/c13-11-8-9(14)2-3-10(11)12(19)15-4-1-6-18-7-5-16-17-18/h2-3,5,7-8H,1,4,6H2,(H,15,19). The molecule has 1 aromatic carbocycles. The zero-order valence-electron chi connectivity index (χ0n) is 10.0. The summed E-state index contributed by atoms with van der Waals surface area (Å²) < 4.78 is 15.0. The largest absolute Gasteiger partial charge is 0.352 e. The summed E-state index contributed by atoms with van der Waals surface area (Å²) in [6.07, 6.45) is 4.11. The van der Waals surface area contributed by atoms with Crippen molar-refractivity contribution in [3.8, 4) is 0 Å². The van der Waals surface area contributed by atoms with Crippen LogP contribution in [-0.4, -0.2) is 27.4 Å². The van der Waals surface area contributed by atoms with Crippen LogP contribution in [0.4, 0.5) is 4.39 Å². The molecule has 100 valence electrons. The predicted molar refractivity (Wildman–Crippen MR) is 71.1 cm³/mol. The Hall–Kier alpha value is -1.76. The van der Waals surface area contributed by atoms with Crippen LogP contribution in [0.2, 0.25) is 0 Å². The van der Waals surface area contributed by atoms with Crippen molar-refractivity contribution in [2.75, 3.05) is 6.54 Å². The number of amides is 1. The number of hydrogen-bond donors (Lipinski definition) is 1. The molecule has 0 fully saturated rings. The second-order valence-electron chi connectivity index (χ2n) is 3.90. The number of halogens is 2. The molecule has 1 N–H and O–H groups in total. The molecule has 1 amide bonds. The number of benzene rings is 1. The summed E-state index contributed by atoms with van der Waals surface area (Å²) >= 11 is 3.16. The maximum absolute atomic E-state index is 12.9. The van der Waals surface area contributed by atoms with Gasteiger partial charge in [0.15, 0.2) is 0 Å². The van der Waals surface area contributed by atoms with E-state index in [9.17, 15) is 9.18 Å². The van der Waals surface area contributed by atoms with E-state index in [1.54, 1.807) is 17.1 Å². The van der Waals surface area contributed by atoms with E-state index in [2.05, 4.69) is 31.6 Å². The number of hydrogen-bond acceptors (Lipinski definition) is 3. The Morgan fingerprint density at radius 3 is 3.00 bits per heavy atom. The SMILES string of the molecule is O=C(NCCCn1ccnn1)c1ccc(F)cc1Br. The zero-order valence-corrected chi connectivity index (χ0v) is 11.6. The molecule has 0 aliphatic rings. The van der Waals surface area contributed by atoms with E-state index in [1.165, 1.54) is 18.2 Å². The smallest absolute Gasteiger partial charge is 0.252 e. The van der Waals surface area contributed by atoms with E-state index >= 15 is 0 Å². The van der Waals surface area contributed by atoms with Crippen LogP contribution in [0.1, 0.15) is 16.8 Å². The lowest BCUT2D eigenvalue weighted by Gasteiger charge is -2.07. The molecule has 5 nitrogen and oxygen atoms in total. The van der Waals surface area contributed by atoms with E-state index < -0.39 is 0 Å². The maximum Gasteiger partial charge on any atom is 0.252 e. The number of rotatable bonds is 5. The molecular formula is C12H12BrFN4O. The van der Waals surface area contributed by atoms with Crippen molar-refractivity contribution in [2.45, 2.75) is 13.0 Å². The molecule has 7 heteroatoms. The van der Waals surface area contributed by atoms with E-state index in [-0.39, 0.29) is 11.7 Å². The molecular weight excluding hydrogens is 315 g/mol. The molecule has 19 heavy (non-hydrogen) atoms. The topological polar surface area (TPSA) is 59.8 Å². The zero-order chi connectivity index (χ0) is 13.7. The molecule has 0 aliphatic carbocycles. The van der Waals surface area contributed by atoms with Gasteiger partial charge < -0.3 is 5.32 Å². The Balaban J connectivity index is 1.81. The monoisotopic (exact) mass is 326 g/mol. The second kappa shape index (κ2) is 6.42. The molecule has 0 aliphatic heterocycles. The molecule has 0 saturated heterocycles. The molecule has 0 radical (unpaired) electrons. The number of nitrogens with zero attached hydrogens (tertiary/aromatic N) is 3. The quantitative estimate of drug-likeness (QED) is 0.855. The van der Waals surface area contributed by atoms with E-state index in [0.717, 1.165) is 6.42 Å². The number of carbonyl (C=O) groups is 1. The van der Waals surface area contributed by atoms with Crippen LogP contribution < -0.4 is 5.32 Å². The van der Waals surface area contributed by atoms with E-state index in [0.29, 0.717) is 23.1 Å². The van der Waals surface area contributed by atoms with Crippen molar-refractivity contribution >= 4 is 21.8 Å². The Bertz CT molecular complexity index is 559. The summed E-state index contributed by atoms with van der Waals surface area (Å²) in [5, 5.41) is 10.3. The van der Waals surface area contributed by atoms with Crippen molar-refractivity contribution in [1.29, 1.82) is 0 Å². The third kappa shape index (κ3) is 3.85. The first-order valence-corrected chi connectivity index (χ1v) is 6.53. The molecule has 0 saturated carbocycles. The summed E-state index contributed by atoms with van der Waals surface area (Å²) in [6.45, 7) is 1.20. The Kier molecular flexibility index (Phi) is 4.62. The van der Waals surface area contributed by atoms with Crippen LogP contribution in [0.25, 0.3) is 0 Å². The van der Waals surface area contributed by atoms with Crippen LogP contribution in [0, 0.1) is 5.82 Å². The van der Waals surface area contributed by atoms with Gasteiger partial charge in [-0.2, -0.15) is 0 Å². The highest BCUT2D eigenvalue weighted by Gasteiger charge is 2.09. The summed E-state index contributed by atoms with van der Waals surface area (Å²) in [5.41, 5.74) is 0.419. The summed E-state index contributed by atoms with van der Waals surface area (Å²) in [4.78, 5) is 11.8. The van der Waals surface area contributed by atoms with Crippen LogP contribution in [-0.2, 0) is 6.54 Å². The van der Waals surface area contributed by atoms with Crippen molar-refractivity contribution in [3.63, 3.8) is 0 Å². The Morgan fingerprint density at radius 1 is 1.47 bits per heavy atom. The Labute approximate surface area is 117 Å². The first kappa shape index (κ1) is 13.7. The van der Waals surface area contributed by atoms with Crippen molar-refractivity contribution in [2.24, 2.45) is 0 Å². The van der Waals surface area contributed by atoms with Gasteiger partial charge in [-0.05, 0) is 40.5 Å². The van der Waals surface area contributed by atoms with Crippen LogP contribution in [0.3, 0.4) is 0 Å². The van der Waals surface area contributed by atoms with Gasteiger partial charge in [0.25, 0.3) is 5.91 Å². The third-order valence-electron chi connectivity index (χ3n) is 2.50. The minimum Gasteiger partial charge on any atom is -0.352 e.